The topological polar surface area (TPSA) is 71.1 Å². The Balaban J connectivity index is 1.34. The minimum absolute atomic E-state index is 0.0230. The number of amides is 3. The maximum absolute atomic E-state index is 12.3. The van der Waals surface area contributed by atoms with Crippen molar-refractivity contribution in [2.45, 2.75) is 31.7 Å². The fourth-order valence-electron chi connectivity index (χ4n) is 3.21. The maximum Gasteiger partial charge on any atom is 0.317 e. The average molecular weight is 361 g/mol. The summed E-state index contributed by atoms with van der Waals surface area (Å²) < 4.78 is 11.4. The summed E-state index contributed by atoms with van der Waals surface area (Å²) in [4.78, 5) is 27.2. The number of urea groups is 1. The molecule has 3 amide bonds. The maximum atomic E-state index is 12.3. The van der Waals surface area contributed by atoms with E-state index in [9.17, 15) is 9.59 Å². The molecule has 1 N–H and O–H groups in total. The van der Waals surface area contributed by atoms with Gasteiger partial charge in [0.05, 0.1) is 18.8 Å². The molecule has 2 aliphatic heterocycles. The molecule has 0 bridgehead atoms. The molecule has 0 saturated carbocycles. The molecule has 26 heavy (non-hydrogen) atoms. The third kappa shape index (κ3) is 5.19. The van der Waals surface area contributed by atoms with Crippen LogP contribution in [0.15, 0.2) is 30.3 Å². The van der Waals surface area contributed by atoms with Crippen LogP contribution in [0.5, 0.6) is 0 Å². The minimum Gasteiger partial charge on any atom is -0.373 e. The van der Waals surface area contributed by atoms with Gasteiger partial charge in [-0.25, -0.2) is 4.79 Å². The molecule has 2 fully saturated rings. The van der Waals surface area contributed by atoms with E-state index in [1.54, 1.807) is 11.9 Å². The van der Waals surface area contributed by atoms with Crippen molar-refractivity contribution in [2.75, 3.05) is 39.8 Å². The highest BCUT2D eigenvalue weighted by molar-refractivity contribution is 5.78. The number of hydrogen-bond acceptors (Lipinski definition) is 4. The second kappa shape index (κ2) is 9.00. The number of hydrogen-bond donors (Lipinski definition) is 1. The van der Waals surface area contributed by atoms with Crippen LogP contribution in [-0.2, 0) is 20.9 Å². The van der Waals surface area contributed by atoms with E-state index in [1.807, 2.05) is 23.1 Å². The van der Waals surface area contributed by atoms with E-state index < -0.39 is 0 Å². The summed E-state index contributed by atoms with van der Waals surface area (Å²) in [5.74, 6) is -0.0230. The third-order valence-corrected chi connectivity index (χ3v) is 4.88. The Morgan fingerprint density at radius 3 is 2.69 bits per heavy atom. The average Bonchev–Trinajstić information content (AvgIpc) is 2.68. The predicted molar refractivity (Wildman–Crippen MR) is 96.6 cm³/mol. The van der Waals surface area contributed by atoms with Gasteiger partial charge in [0.1, 0.15) is 6.61 Å². The lowest BCUT2D eigenvalue weighted by Crippen LogP contribution is -2.52. The summed E-state index contributed by atoms with van der Waals surface area (Å²) >= 11 is 0. The summed E-state index contributed by atoms with van der Waals surface area (Å²) in [6, 6.07) is 10.1. The highest BCUT2D eigenvalue weighted by atomic mass is 16.5. The molecule has 1 atom stereocenters. The van der Waals surface area contributed by atoms with Crippen molar-refractivity contribution in [3.63, 3.8) is 0 Å². The van der Waals surface area contributed by atoms with E-state index in [-0.39, 0.29) is 30.8 Å². The number of morpholine rings is 1. The number of piperidine rings is 1. The van der Waals surface area contributed by atoms with Crippen LogP contribution in [0.2, 0.25) is 0 Å². The molecule has 1 aromatic rings. The summed E-state index contributed by atoms with van der Waals surface area (Å²) in [6.07, 6.45) is 1.74. The molecule has 0 aromatic heterocycles. The van der Waals surface area contributed by atoms with Crippen molar-refractivity contribution in [1.29, 1.82) is 0 Å². The first-order valence-corrected chi connectivity index (χ1v) is 9.15. The molecule has 7 nitrogen and oxygen atoms in total. The molecule has 2 saturated heterocycles. The molecule has 2 aliphatic rings. The van der Waals surface area contributed by atoms with Gasteiger partial charge in [-0.1, -0.05) is 30.3 Å². The molecule has 7 heteroatoms. The van der Waals surface area contributed by atoms with Crippen LogP contribution in [-0.4, -0.2) is 73.8 Å². The smallest absolute Gasteiger partial charge is 0.317 e. The Morgan fingerprint density at radius 2 is 2.00 bits per heavy atom. The number of benzene rings is 1. The Morgan fingerprint density at radius 1 is 1.27 bits per heavy atom. The highest BCUT2D eigenvalue weighted by Gasteiger charge is 2.26. The molecule has 0 aliphatic carbocycles. The van der Waals surface area contributed by atoms with Crippen LogP contribution in [0, 0.1) is 0 Å². The first-order valence-electron chi connectivity index (χ1n) is 9.15. The van der Waals surface area contributed by atoms with E-state index in [0.29, 0.717) is 32.8 Å². The number of nitrogens with one attached hydrogen (secondary N) is 1. The molecule has 142 valence electrons. The van der Waals surface area contributed by atoms with Gasteiger partial charge in [-0.15, -0.1) is 0 Å². The Hall–Kier alpha value is -2.12. The van der Waals surface area contributed by atoms with Gasteiger partial charge in [-0.3, -0.25) is 4.79 Å². The Labute approximate surface area is 154 Å². The largest absolute Gasteiger partial charge is 0.373 e. The molecule has 2 heterocycles. The zero-order chi connectivity index (χ0) is 18.4. The van der Waals surface area contributed by atoms with Gasteiger partial charge in [-0.05, 0) is 18.4 Å². The predicted octanol–water partition coefficient (Wildman–Crippen LogP) is 1.23. The highest BCUT2D eigenvalue weighted by Crippen LogP contribution is 2.16. The monoisotopic (exact) mass is 361 g/mol. The van der Waals surface area contributed by atoms with Crippen molar-refractivity contribution in [2.24, 2.45) is 0 Å². The lowest BCUT2D eigenvalue weighted by Gasteiger charge is -2.33. The van der Waals surface area contributed by atoms with Crippen LogP contribution in [0.25, 0.3) is 0 Å². The number of likely N-dealkylation sites (tertiary alicyclic amines) is 1. The molecule has 1 aromatic carbocycles. The summed E-state index contributed by atoms with van der Waals surface area (Å²) in [5, 5.41) is 2.91. The van der Waals surface area contributed by atoms with Gasteiger partial charge in [0.2, 0.25) is 5.91 Å². The molecule has 0 unspecified atom stereocenters. The number of rotatable bonds is 5. The van der Waals surface area contributed by atoms with E-state index in [0.717, 1.165) is 12.8 Å². The summed E-state index contributed by atoms with van der Waals surface area (Å²) in [7, 11) is 1.75. The normalized spacial score (nSPS) is 21.7. The Kier molecular flexibility index (Phi) is 6.46. The van der Waals surface area contributed by atoms with Gasteiger partial charge in [-0.2, -0.15) is 0 Å². The number of likely N-dealkylation sites (N-methyl/N-ethyl adjacent to an activating group) is 1. The number of carbonyl (C=O) groups is 2. The van der Waals surface area contributed by atoms with Gasteiger partial charge in [0.25, 0.3) is 0 Å². The van der Waals surface area contributed by atoms with Crippen LogP contribution < -0.4 is 5.32 Å². The SMILES string of the molecule is CN1C[C@@H](CNC(=O)N2CCC(OCc3ccccc3)CC2)OCC1=O. The van der Waals surface area contributed by atoms with Crippen molar-refractivity contribution < 1.29 is 19.1 Å². The van der Waals surface area contributed by atoms with Gasteiger partial charge in [0, 0.05) is 33.2 Å². The van der Waals surface area contributed by atoms with Crippen molar-refractivity contribution in [3.05, 3.63) is 35.9 Å². The summed E-state index contributed by atoms with van der Waals surface area (Å²) in [6.45, 7) is 3.00. The van der Waals surface area contributed by atoms with Crippen LogP contribution in [0.3, 0.4) is 0 Å². The lowest BCUT2D eigenvalue weighted by atomic mass is 10.1. The van der Waals surface area contributed by atoms with E-state index >= 15 is 0 Å². The standard InChI is InChI=1S/C19H27N3O4/c1-21-12-17(26-14-18(21)23)11-20-19(24)22-9-7-16(8-10-22)25-13-15-5-3-2-4-6-15/h2-6,16-17H,7-14H2,1H3,(H,20,24)/t17-/m1/s1. The van der Waals surface area contributed by atoms with Crippen molar-refractivity contribution >= 4 is 11.9 Å². The zero-order valence-electron chi connectivity index (χ0n) is 15.2. The fourth-order valence-corrected chi connectivity index (χ4v) is 3.21. The van der Waals surface area contributed by atoms with Crippen LogP contribution >= 0.6 is 0 Å². The second-order valence-electron chi connectivity index (χ2n) is 6.88. The van der Waals surface area contributed by atoms with Crippen molar-refractivity contribution in [1.82, 2.24) is 15.1 Å². The first kappa shape index (κ1) is 18.7. The Bertz CT molecular complexity index is 602. The van der Waals surface area contributed by atoms with Crippen LogP contribution in [0.1, 0.15) is 18.4 Å². The first-order chi connectivity index (χ1) is 12.6. The van der Waals surface area contributed by atoms with Gasteiger partial charge in [0.15, 0.2) is 0 Å². The van der Waals surface area contributed by atoms with E-state index in [2.05, 4.69) is 17.4 Å². The number of ether oxygens (including phenoxy) is 2. The molecule has 0 radical (unpaired) electrons. The molecular formula is C19H27N3O4. The fraction of sp³-hybridized carbons (Fsp3) is 0.579. The molecule has 3 rings (SSSR count). The van der Waals surface area contributed by atoms with E-state index in [1.165, 1.54) is 5.56 Å². The van der Waals surface area contributed by atoms with Crippen molar-refractivity contribution in [3.8, 4) is 0 Å². The third-order valence-electron chi connectivity index (χ3n) is 4.88. The van der Waals surface area contributed by atoms with Gasteiger partial charge < -0.3 is 24.6 Å². The van der Waals surface area contributed by atoms with Gasteiger partial charge >= 0.3 is 6.03 Å². The summed E-state index contributed by atoms with van der Waals surface area (Å²) in [5.41, 5.74) is 1.17. The number of carbonyl (C=O) groups excluding carboxylic acids is 2. The second-order valence-corrected chi connectivity index (χ2v) is 6.88. The minimum atomic E-state index is -0.145. The van der Waals surface area contributed by atoms with Crippen LogP contribution in [0.4, 0.5) is 4.79 Å². The zero-order valence-corrected chi connectivity index (χ0v) is 15.2. The molecule has 0 spiro atoms. The number of nitrogens with zero attached hydrogens (tertiary/aromatic N) is 2. The quantitative estimate of drug-likeness (QED) is 0.856. The lowest BCUT2D eigenvalue weighted by molar-refractivity contribution is -0.146. The molecular weight excluding hydrogens is 334 g/mol. The van der Waals surface area contributed by atoms with E-state index in [4.69, 9.17) is 9.47 Å².